The summed E-state index contributed by atoms with van der Waals surface area (Å²) < 4.78 is 4.73. The highest BCUT2D eigenvalue weighted by molar-refractivity contribution is 9.09. The fraction of sp³-hybridized carbons (Fsp3) is 0.640. The minimum atomic E-state index is -0.764. The van der Waals surface area contributed by atoms with Crippen LogP contribution in [-0.2, 0) is 14.4 Å². The molecule has 3 aliphatic heterocycles. The first kappa shape index (κ1) is 26.3. The van der Waals surface area contributed by atoms with Gasteiger partial charge in [0.15, 0.2) is 0 Å². The summed E-state index contributed by atoms with van der Waals surface area (Å²) in [5.41, 5.74) is 0.141. The van der Waals surface area contributed by atoms with Crippen LogP contribution in [0.3, 0.4) is 0 Å². The van der Waals surface area contributed by atoms with Crippen molar-refractivity contribution in [3.63, 3.8) is 0 Å². The van der Waals surface area contributed by atoms with Crippen LogP contribution in [0.1, 0.15) is 41.0 Å². The predicted molar refractivity (Wildman–Crippen MR) is 140 cm³/mol. The molecule has 192 valence electrons. The van der Waals surface area contributed by atoms with Gasteiger partial charge in [0.05, 0.1) is 35.8 Å². The zero-order valence-electron chi connectivity index (χ0n) is 20.7. The standard InChI is InChI=1S/C25H34BrN3O5S/c1-6-34-15-9-7-14(8-10-15)27-21(31)17-18-23(33)29(13(2)12-30)20(22(32)28-24(3,4)5)25(18)11-16(26)19(17)35-25/h7-10,13,16-20,30H,6,11-12H2,1-5H3,(H,27,31)(H,28,32)/t13-,16?,17+,18+,19+,20?,25?/m1/s1. The molecule has 3 aliphatic rings. The SMILES string of the molecule is CCOc1ccc(NC(=O)[C@H]2[C@H]3C(=O)N([C@H](C)CO)C(C(=O)NC(C)(C)C)C34CC(Br)[C@@H]2S4)cc1. The molecule has 0 radical (unpaired) electrons. The van der Waals surface area contributed by atoms with Crippen molar-refractivity contribution in [2.24, 2.45) is 11.8 Å². The molecule has 1 spiro atoms. The molecule has 3 heterocycles. The summed E-state index contributed by atoms with van der Waals surface area (Å²) in [7, 11) is 0. The second-order valence-corrected chi connectivity index (χ2v) is 13.3. The summed E-state index contributed by atoms with van der Waals surface area (Å²) in [4.78, 5) is 42.6. The van der Waals surface area contributed by atoms with Crippen LogP contribution in [0, 0.1) is 11.8 Å². The van der Waals surface area contributed by atoms with E-state index in [-0.39, 0.29) is 34.4 Å². The molecular weight excluding hydrogens is 534 g/mol. The van der Waals surface area contributed by atoms with E-state index in [9.17, 15) is 19.5 Å². The van der Waals surface area contributed by atoms with Crippen molar-refractivity contribution in [1.82, 2.24) is 10.2 Å². The van der Waals surface area contributed by atoms with E-state index in [1.54, 1.807) is 43.0 Å². The molecule has 1 aromatic carbocycles. The first-order valence-corrected chi connectivity index (χ1v) is 13.8. The van der Waals surface area contributed by atoms with Crippen LogP contribution in [0.25, 0.3) is 0 Å². The number of carbonyl (C=O) groups is 3. The van der Waals surface area contributed by atoms with E-state index in [4.69, 9.17) is 4.74 Å². The molecule has 4 rings (SSSR count). The van der Waals surface area contributed by atoms with Crippen LogP contribution in [0.4, 0.5) is 5.69 Å². The van der Waals surface area contributed by atoms with Crippen LogP contribution < -0.4 is 15.4 Å². The van der Waals surface area contributed by atoms with Crippen molar-refractivity contribution in [1.29, 1.82) is 0 Å². The van der Waals surface area contributed by atoms with Crippen molar-refractivity contribution in [3.8, 4) is 5.75 Å². The fourth-order valence-corrected chi connectivity index (χ4v) is 9.29. The van der Waals surface area contributed by atoms with E-state index in [2.05, 4.69) is 26.6 Å². The van der Waals surface area contributed by atoms with Crippen LogP contribution in [0.5, 0.6) is 5.75 Å². The van der Waals surface area contributed by atoms with Gasteiger partial charge in [-0.2, -0.15) is 0 Å². The third-order valence-corrected chi connectivity index (χ3v) is 10.2. The Balaban J connectivity index is 1.67. The van der Waals surface area contributed by atoms with Gasteiger partial charge in [-0.15, -0.1) is 11.8 Å². The summed E-state index contributed by atoms with van der Waals surface area (Å²) in [6, 6.07) is 5.84. The molecule has 0 aliphatic carbocycles. The zero-order valence-corrected chi connectivity index (χ0v) is 23.1. The Kier molecular flexibility index (Phi) is 7.20. The molecule has 3 fully saturated rings. The number of hydrogen-bond acceptors (Lipinski definition) is 6. The number of carbonyl (C=O) groups excluding carboxylic acids is 3. The molecule has 8 nitrogen and oxygen atoms in total. The number of fused-ring (bicyclic) bond motifs is 1. The van der Waals surface area contributed by atoms with Gasteiger partial charge in [-0.25, -0.2) is 0 Å². The van der Waals surface area contributed by atoms with Crippen molar-refractivity contribution >= 4 is 51.1 Å². The van der Waals surface area contributed by atoms with E-state index < -0.39 is 34.2 Å². The number of halogens is 1. The monoisotopic (exact) mass is 567 g/mol. The highest BCUT2D eigenvalue weighted by atomic mass is 79.9. The van der Waals surface area contributed by atoms with Crippen molar-refractivity contribution in [2.75, 3.05) is 18.5 Å². The van der Waals surface area contributed by atoms with Gasteiger partial charge in [0, 0.05) is 21.3 Å². The molecule has 0 aromatic heterocycles. The lowest BCUT2D eigenvalue weighted by Gasteiger charge is -2.38. The largest absolute Gasteiger partial charge is 0.494 e. The molecule has 3 saturated heterocycles. The van der Waals surface area contributed by atoms with Gasteiger partial charge >= 0.3 is 0 Å². The quantitative estimate of drug-likeness (QED) is 0.437. The van der Waals surface area contributed by atoms with Gasteiger partial charge in [-0.3, -0.25) is 14.4 Å². The molecular formula is C25H34BrN3O5S. The number of nitrogens with zero attached hydrogens (tertiary/aromatic N) is 1. The molecule has 7 atom stereocenters. The van der Waals surface area contributed by atoms with Crippen molar-refractivity contribution < 1.29 is 24.2 Å². The van der Waals surface area contributed by atoms with Gasteiger partial charge < -0.3 is 25.4 Å². The second kappa shape index (κ2) is 9.59. The number of alkyl halides is 1. The minimum absolute atomic E-state index is 0.0121. The Morgan fingerprint density at radius 1 is 1.29 bits per heavy atom. The Morgan fingerprint density at radius 3 is 2.51 bits per heavy atom. The van der Waals surface area contributed by atoms with Crippen LogP contribution in [-0.4, -0.2) is 73.4 Å². The number of ether oxygens (including phenoxy) is 1. The first-order chi connectivity index (χ1) is 16.4. The summed E-state index contributed by atoms with van der Waals surface area (Å²) in [6.45, 7) is 9.64. The first-order valence-electron chi connectivity index (χ1n) is 12.0. The topological polar surface area (TPSA) is 108 Å². The number of thioether (sulfide) groups is 1. The summed E-state index contributed by atoms with van der Waals surface area (Å²) >= 11 is 5.33. The molecule has 35 heavy (non-hydrogen) atoms. The number of nitrogens with one attached hydrogen (secondary N) is 2. The summed E-state index contributed by atoms with van der Waals surface area (Å²) in [5.74, 6) is -1.23. The molecule has 3 amide bonds. The van der Waals surface area contributed by atoms with Gasteiger partial charge in [0.1, 0.15) is 11.8 Å². The number of likely N-dealkylation sites (tertiary alicyclic amines) is 1. The Hall–Kier alpha value is -1.78. The molecule has 1 aromatic rings. The highest BCUT2D eigenvalue weighted by Gasteiger charge is 2.76. The molecule has 2 bridgehead atoms. The number of aliphatic hydroxyl groups excluding tert-OH is 1. The normalized spacial score (nSPS) is 32.4. The van der Waals surface area contributed by atoms with Gasteiger partial charge in [-0.1, -0.05) is 15.9 Å². The third kappa shape index (κ3) is 4.57. The van der Waals surface area contributed by atoms with E-state index in [0.717, 1.165) is 0 Å². The maximum atomic E-state index is 13.9. The van der Waals surface area contributed by atoms with Gasteiger partial charge in [-0.05, 0) is 65.3 Å². The Bertz CT molecular complexity index is 1000. The number of amides is 3. The van der Waals surface area contributed by atoms with Crippen LogP contribution >= 0.6 is 27.7 Å². The third-order valence-electron chi connectivity index (χ3n) is 6.95. The van der Waals surface area contributed by atoms with E-state index in [0.29, 0.717) is 24.5 Å². The summed E-state index contributed by atoms with van der Waals surface area (Å²) in [5, 5.41) is 15.8. The van der Waals surface area contributed by atoms with Crippen LogP contribution in [0.2, 0.25) is 0 Å². The fourth-order valence-electron chi connectivity index (χ4n) is 5.69. The Labute approximate surface area is 219 Å². The van der Waals surface area contributed by atoms with Gasteiger partial charge in [0.25, 0.3) is 0 Å². The molecule has 3 unspecified atom stereocenters. The number of anilines is 1. The van der Waals surface area contributed by atoms with Crippen molar-refractivity contribution in [2.45, 2.75) is 73.5 Å². The zero-order chi connectivity index (χ0) is 25.7. The van der Waals surface area contributed by atoms with E-state index in [1.807, 2.05) is 27.7 Å². The second-order valence-electron chi connectivity index (χ2n) is 10.6. The predicted octanol–water partition coefficient (Wildman–Crippen LogP) is 2.78. The van der Waals surface area contributed by atoms with Gasteiger partial charge in [0.2, 0.25) is 17.7 Å². The van der Waals surface area contributed by atoms with Crippen LogP contribution in [0.15, 0.2) is 24.3 Å². The smallest absolute Gasteiger partial charge is 0.244 e. The number of aliphatic hydroxyl groups is 1. The minimum Gasteiger partial charge on any atom is -0.494 e. The highest BCUT2D eigenvalue weighted by Crippen LogP contribution is 2.68. The average Bonchev–Trinajstić information content (AvgIpc) is 3.37. The number of benzene rings is 1. The lowest BCUT2D eigenvalue weighted by atomic mass is 9.70. The lowest BCUT2D eigenvalue weighted by molar-refractivity contribution is -0.142. The summed E-state index contributed by atoms with van der Waals surface area (Å²) in [6.07, 6.45) is 0.600. The average molecular weight is 569 g/mol. The maximum absolute atomic E-state index is 13.9. The molecule has 3 N–H and O–H groups in total. The van der Waals surface area contributed by atoms with Crippen molar-refractivity contribution in [3.05, 3.63) is 24.3 Å². The maximum Gasteiger partial charge on any atom is 0.244 e. The number of hydrogen-bond donors (Lipinski definition) is 3. The Morgan fingerprint density at radius 2 is 1.94 bits per heavy atom. The molecule has 10 heteroatoms. The van der Waals surface area contributed by atoms with E-state index in [1.165, 1.54) is 4.90 Å². The molecule has 0 saturated carbocycles. The number of rotatable bonds is 7. The van der Waals surface area contributed by atoms with E-state index >= 15 is 0 Å². The lowest BCUT2D eigenvalue weighted by Crippen LogP contribution is -2.59.